The van der Waals surface area contributed by atoms with E-state index in [1.165, 1.54) is 20.8 Å². The van der Waals surface area contributed by atoms with Crippen molar-refractivity contribution in [3.05, 3.63) is 108 Å². The van der Waals surface area contributed by atoms with Crippen LogP contribution in [0.25, 0.3) is 20.4 Å². The number of nitrogens with zero attached hydrogens (tertiary/aromatic N) is 6. The average molecular weight is 563 g/mol. The van der Waals surface area contributed by atoms with Crippen molar-refractivity contribution in [3.63, 3.8) is 0 Å². The first-order valence-electron chi connectivity index (χ1n) is 12.8. The van der Waals surface area contributed by atoms with E-state index in [1.807, 2.05) is 77.0 Å². The quantitative estimate of drug-likeness (QED) is 0.192. The number of anilines is 2. The van der Waals surface area contributed by atoms with Gasteiger partial charge in [-0.15, -0.1) is 0 Å². The molecule has 200 valence electrons. The Morgan fingerprint density at radius 1 is 0.525 bits per heavy atom. The van der Waals surface area contributed by atoms with Gasteiger partial charge in [0.1, 0.15) is 0 Å². The highest BCUT2D eigenvalue weighted by molar-refractivity contribution is 7.22. The highest BCUT2D eigenvalue weighted by Crippen LogP contribution is 2.28. The number of hydrogen-bond donors (Lipinski definition) is 0. The summed E-state index contributed by atoms with van der Waals surface area (Å²) < 4.78 is 2.34. The summed E-state index contributed by atoms with van der Waals surface area (Å²) in [7, 11) is 8.13. The number of fused-ring (bicyclic) bond motifs is 2. The Balaban J connectivity index is 0.000000161. The molecule has 4 aromatic carbocycles. The van der Waals surface area contributed by atoms with E-state index in [1.54, 1.807) is 22.7 Å². The number of benzene rings is 4. The maximum atomic E-state index is 4.49. The van der Waals surface area contributed by atoms with Gasteiger partial charge in [-0.25, -0.2) is 20.0 Å². The van der Waals surface area contributed by atoms with E-state index in [4.69, 9.17) is 0 Å². The van der Waals surface area contributed by atoms with E-state index in [0.717, 1.165) is 32.4 Å². The van der Waals surface area contributed by atoms with E-state index in [-0.39, 0.29) is 0 Å². The van der Waals surface area contributed by atoms with Crippen molar-refractivity contribution in [2.75, 3.05) is 38.0 Å². The van der Waals surface area contributed by atoms with Crippen molar-refractivity contribution in [1.29, 1.82) is 0 Å². The zero-order valence-electron chi connectivity index (χ0n) is 22.9. The second-order valence-electron chi connectivity index (χ2n) is 9.42. The average Bonchev–Trinajstić information content (AvgIpc) is 3.59. The summed E-state index contributed by atoms with van der Waals surface area (Å²) in [6.45, 7) is 0. The molecule has 0 spiro atoms. The Morgan fingerprint density at radius 2 is 0.900 bits per heavy atom. The van der Waals surface area contributed by atoms with Crippen LogP contribution in [-0.2, 0) is 0 Å². The summed E-state index contributed by atoms with van der Waals surface area (Å²) in [4.78, 5) is 22.0. The zero-order valence-corrected chi connectivity index (χ0v) is 24.5. The van der Waals surface area contributed by atoms with Crippen LogP contribution in [0.3, 0.4) is 0 Å². The summed E-state index contributed by atoms with van der Waals surface area (Å²) in [5, 5.41) is 1.59. The van der Waals surface area contributed by atoms with Crippen molar-refractivity contribution in [2.24, 2.45) is 9.98 Å². The van der Waals surface area contributed by atoms with Crippen molar-refractivity contribution in [3.8, 4) is 0 Å². The fraction of sp³-hybridized carbons (Fsp3) is 0.125. The zero-order chi connectivity index (χ0) is 27.9. The van der Waals surface area contributed by atoms with E-state index in [2.05, 4.69) is 90.4 Å². The SMILES string of the molecule is CN(C)c1ccc(/C=N/c2nc3ccccc3s2)cc1.CN(C)c1ccc(/C=N/c2nc3ccccc3s2)cc1. The molecule has 0 amide bonds. The largest absolute Gasteiger partial charge is 0.378 e. The molecular weight excluding hydrogens is 533 g/mol. The Morgan fingerprint density at radius 3 is 1.25 bits per heavy atom. The van der Waals surface area contributed by atoms with Gasteiger partial charge in [0.25, 0.3) is 0 Å². The van der Waals surface area contributed by atoms with Crippen molar-refractivity contribution in [1.82, 2.24) is 9.97 Å². The lowest BCUT2D eigenvalue weighted by atomic mass is 10.2. The van der Waals surface area contributed by atoms with Gasteiger partial charge in [-0.3, -0.25) is 0 Å². The van der Waals surface area contributed by atoms with E-state index >= 15 is 0 Å². The van der Waals surface area contributed by atoms with Gasteiger partial charge >= 0.3 is 0 Å². The van der Waals surface area contributed by atoms with Crippen LogP contribution in [-0.4, -0.2) is 50.6 Å². The lowest BCUT2D eigenvalue weighted by molar-refractivity contribution is 1.13. The number of para-hydroxylation sites is 2. The van der Waals surface area contributed by atoms with Crippen LogP contribution >= 0.6 is 22.7 Å². The van der Waals surface area contributed by atoms with Crippen LogP contribution in [0.2, 0.25) is 0 Å². The Labute approximate surface area is 242 Å². The minimum Gasteiger partial charge on any atom is -0.378 e. The van der Waals surface area contributed by atoms with E-state index in [0.29, 0.717) is 0 Å². The summed E-state index contributed by atoms with van der Waals surface area (Å²) >= 11 is 3.21. The van der Waals surface area contributed by atoms with Gasteiger partial charge in [0.2, 0.25) is 10.3 Å². The number of thiazole rings is 2. The fourth-order valence-corrected chi connectivity index (χ4v) is 5.43. The molecule has 2 aromatic heterocycles. The number of aliphatic imine (C=N–C) groups is 2. The molecule has 6 aromatic rings. The van der Waals surface area contributed by atoms with E-state index < -0.39 is 0 Å². The highest BCUT2D eigenvalue weighted by atomic mass is 32.1. The maximum absolute atomic E-state index is 4.49. The lowest BCUT2D eigenvalue weighted by Gasteiger charge is -2.11. The smallest absolute Gasteiger partial charge is 0.210 e. The Kier molecular flexibility index (Phi) is 8.59. The molecule has 0 bridgehead atoms. The molecule has 0 radical (unpaired) electrons. The molecule has 0 saturated heterocycles. The van der Waals surface area contributed by atoms with Gasteiger partial charge in [-0.2, -0.15) is 0 Å². The van der Waals surface area contributed by atoms with Crippen molar-refractivity contribution in [2.45, 2.75) is 0 Å². The van der Waals surface area contributed by atoms with Crippen LogP contribution in [0.1, 0.15) is 11.1 Å². The van der Waals surface area contributed by atoms with E-state index in [9.17, 15) is 0 Å². The minimum atomic E-state index is 0.794. The Hall–Kier alpha value is -4.40. The third-order valence-electron chi connectivity index (χ3n) is 6.03. The van der Waals surface area contributed by atoms with Crippen LogP contribution in [0.5, 0.6) is 0 Å². The van der Waals surface area contributed by atoms with Gasteiger partial charge in [0.15, 0.2) is 0 Å². The third-order valence-corrected chi connectivity index (χ3v) is 7.92. The van der Waals surface area contributed by atoms with Gasteiger partial charge in [-0.05, 0) is 59.7 Å². The van der Waals surface area contributed by atoms with Gasteiger partial charge in [0, 0.05) is 52.0 Å². The van der Waals surface area contributed by atoms with Crippen LogP contribution in [0.4, 0.5) is 21.6 Å². The third kappa shape index (κ3) is 6.97. The molecule has 0 atom stereocenters. The van der Waals surface area contributed by atoms with Gasteiger partial charge in [0.05, 0.1) is 20.4 Å². The predicted octanol–water partition coefficient (Wildman–Crippen LogP) is 8.23. The van der Waals surface area contributed by atoms with Crippen LogP contribution in [0, 0.1) is 0 Å². The summed E-state index contributed by atoms with van der Waals surface area (Å²) in [5.74, 6) is 0. The molecule has 6 nitrogen and oxygen atoms in total. The monoisotopic (exact) mass is 562 g/mol. The predicted molar refractivity (Wildman–Crippen MR) is 175 cm³/mol. The van der Waals surface area contributed by atoms with Crippen LogP contribution < -0.4 is 9.80 Å². The standard InChI is InChI=1S/2C16H15N3S/c2*1-19(2)13-9-7-12(8-10-13)11-17-16-18-14-5-3-4-6-15(14)20-16/h2*3-11H,1-2H3/b2*17-11+. The molecule has 0 unspecified atom stereocenters. The molecule has 0 N–H and O–H groups in total. The normalized spacial score (nSPS) is 11.3. The van der Waals surface area contributed by atoms with Gasteiger partial charge in [-0.1, -0.05) is 71.2 Å². The summed E-state index contributed by atoms with van der Waals surface area (Å²) in [6.07, 6.45) is 3.72. The molecule has 0 aliphatic carbocycles. The maximum Gasteiger partial charge on any atom is 0.210 e. The first kappa shape index (κ1) is 27.2. The first-order chi connectivity index (χ1) is 19.4. The lowest BCUT2D eigenvalue weighted by Crippen LogP contribution is -2.08. The molecule has 2 heterocycles. The van der Waals surface area contributed by atoms with Crippen molar-refractivity contribution < 1.29 is 0 Å². The molecule has 8 heteroatoms. The topological polar surface area (TPSA) is 57.0 Å². The second-order valence-corrected chi connectivity index (χ2v) is 11.4. The number of hydrogen-bond acceptors (Lipinski definition) is 8. The molecule has 0 aliphatic heterocycles. The minimum absolute atomic E-state index is 0.794. The van der Waals surface area contributed by atoms with Crippen molar-refractivity contribution >= 4 is 77.2 Å². The summed E-state index contributed by atoms with van der Waals surface area (Å²) in [5.41, 5.74) is 6.54. The molecule has 6 rings (SSSR count). The number of aromatic nitrogens is 2. The van der Waals surface area contributed by atoms with Gasteiger partial charge < -0.3 is 9.80 Å². The first-order valence-corrected chi connectivity index (χ1v) is 14.4. The van der Waals surface area contributed by atoms with Crippen LogP contribution in [0.15, 0.2) is 107 Å². The highest BCUT2D eigenvalue weighted by Gasteiger charge is 2.02. The molecule has 0 aliphatic rings. The number of rotatable bonds is 6. The molecular formula is C32H30N6S2. The molecule has 0 saturated carbocycles. The Bertz CT molecular complexity index is 1550. The summed E-state index contributed by atoms with van der Waals surface area (Å²) in [6, 6.07) is 32.8. The molecule has 0 fully saturated rings. The second kappa shape index (κ2) is 12.6. The molecule has 40 heavy (non-hydrogen) atoms. The fourth-order valence-electron chi connectivity index (χ4n) is 3.81.